The topological polar surface area (TPSA) is 69.9 Å². The van der Waals surface area contributed by atoms with Crippen LogP contribution in [0.25, 0.3) is 11.5 Å². The third-order valence-electron chi connectivity index (χ3n) is 2.45. The van der Waals surface area contributed by atoms with E-state index in [1.807, 2.05) is 25.3 Å². The van der Waals surface area contributed by atoms with E-state index in [0.717, 1.165) is 12.2 Å². The van der Waals surface area contributed by atoms with E-state index in [1.165, 1.54) is 0 Å². The summed E-state index contributed by atoms with van der Waals surface area (Å²) in [5.74, 6) is 1.64. The van der Waals surface area contributed by atoms with Gasteiger partial charge in [0, 0.05) is 12.7 Å². The predicted molar refractivity (Wildman–Crippen MR) is 65.2 cm³/mol. The molecular formula is C12H18N4O. The molecule has 2 rings (SSSR count). The zero-order valence-electron chi connectivity index (χ0n) is 10.4. The van der Waals surface area contributed by atoms with Crippen LogP contribution in [0.15, 0.2) is 22.9 Å². The molecule has 0 aliphatic heterocycles. The van der Waals surface area contributed by atoms with Gasteiger partial charge in [-0.05, 0) is 25.0 Å². The minimum atomic E-state index is -0.232. The number of hydrogen-bond acceptors (Lipinski definition) is 4. The maximum Gasteiger partial charge on any atom is 0.243 e. The Morgan fingerprint density at radius 2 is 2.18 bits per heavy atom. The molecule has 0 aliphatic carbocycles. The van der Waals surface area contributed by atoms with Crippen LogP contribution in [0.3, 0.4) is 0 Å². The van der Waals surface area contributed by atoms with Crippen molar-refractivity contribution in [3.63, 3.8) is 0 Å². The number of nitrogens with two attached hydrogens (primary N) is 1. The van der Waals surface area contributed by atoms with Gasteiger partial charge in [-0.15, -0.1) is 0 Å². The molecule has 0 saturated carbocycles. The van der Waals surface area contributed by atoms with Gasteiger partial charge < -0.3 is 14.8 Å². The lowest BCUT2D eigenvalue weighted by molar-refractivity contribution is 0.361. The molecule has 5 heteroatoms. The zero-order chi connectivity index (χ0) is 12.4. The highest BCUT2D eigenvalue weighted by molar-refractivity contribution is 5.49. The summed E-state index contributed by atoms with van der Waals surface area (Å²) in [4.78, 5) is 4.30. The van der Waals surface area contributed by atoms with Crippen molar-refractivity contribution in [2.45, 2.75) is 33.4 Å². The van der Waals surface area contributed by atoms with Crippen molar-refractivity contribution < 1.29 is 4.52 Å². The van der Waals surface area contributed by atoms with Gasteiger partial charge >= 0.3 is 0 Å². The van der Waals surface area contributed by atoms with Gasteiger partial charge in [-0.3, -0.25) is 0 Å². The van der Waals surface area contributed by atoms with Crippen LogP contribution < -0.4 is 5.73 Å². The average Bonchev–Trinajstić information content (AvgIpc) is 2.83. The Labute approximate surface area is 101 Å². The number of nitrogens with zero attached hydrogens (tertiary/aromatic N) is 3. The van der Waals surface area contributed by atoms with Crippen molar-refractivity contribution in [2.75, 3.05) is 0 Å². The van der Waals surface area contributed by atoms with Gasteiger partial charge in [-0.1, -0.05) is 19.0 Å². The first-order valence-electron chi connectivity index (χ1n) is 5.82. The van der Waals surface area contributed by atoms with Crippen molar-refractivity contribution in [1.82, 2.24) is 14.7 Å². The molecule has 0 aliphatic rings. The molecular weight excluding hydrogens is 216 g/mol. The molecule has 0 aromatic carbocycles. The maximum atomic E-state index is 5.70. The fourth-order valence-electron chi connectivity index (χ4n) is 1.69. The van der Waals surface area contributed by atoms with Gasteiger partial charge in [0.2, 0.25) is 11.7 Å². The molecule has 0 bridgehead atoms. The smallest absolute Gasteiger partial charge is 0.243 e. The summed E-state index contributed by atoms with van der Waals surface area (Å²) in [5, 5.41) is 3.96. The second-order valence-electron chi connectivity index (χ2n) is 4.68. The molecule has 0 radical (unpaired) electrons. The summed E-state index contributed by atoms with van der Waals surface area (Å²) in [6.07, 6.45) is 2.03. The molecule has 2 aromatic rings. The Morgan fingerprint density at radius 3 is 2.76 bits per heavy atom. The first-order chi connectivity index (χ1) is 8.08. The third kappa shape index (κ3) is 2.55. The molecule has 1 atom stereocenters. The van der Waals surface area contributed by atoms with E-state index in [1.54, 1.807) is 0 Å². The second kappa shape index (κ2) is 4.71. The Hall–Kier alpha value is -1.62. The fourth-order valence-corrected chi connectivity index (χ4v) is 1.69. The van der Waals surface area contributed by atoms with Crippen LogP contribution in [0.1, 0.15) is 32.7 Å². The maximum absolute atomic E-state index is 5.70. The molecule has 2 heterocycles. The highest BCUT2D eigenvalue weighted by Crippen LogP contribution is 2.19. The van der Waals surface area contributed by atoms with Crippen LogP contribution in [0.5, 0.6) is 0 Å². The molecule has 92 valence electrons. The number of hydrogen-bond donors (Lipinski definition) is 1. The van der Waals surface area contributed by atoms with Crippen molar-refractivity contribution in [3.8, 4) is 11.5 Å². The molecule has 2 N–H and O–H groups in total. The largest absolute Gasteiger partial charge is 0.345 e. The Morgan fingerprint density at radius 1 is 1.41 bits per heavy atom. The number of aromatic nitrogens is 3. The molecule has 0 unspecified atom stereocenters. The van der Waals surface area contributed by atoms with E-state index < -0.39 is 0 Å². The summed E-state index contributed by atoms with van der Waals surface area (Å²) >= 11 is 0. The molecule has 0 spiro atoms. The fraction of sp³-hybridized carbons (Fsp3) is 0.500. The first-order valence-corrected chi connectivity index (χ1v) is 5.82. The van der Waals surface area contributed by atoms with E-state index in [9.17, 15) is 0 Å². The molecule has 0 amide bonds. The monoisotopic (exact) mass is 234 g/mol. The third-order valence-corrected chi connectivity index (χ3v) is 2.45. The van der Waals surface area contributed by atoms with Gasteiger partial charge in [-0.2, -0.15) is 4.98 Å². The Bertz CT molecular complexity index is 484. The zero-order valence-corrected chi connectivity index (χ0v) is 10.4. The summed E-state index contributed by atoms with van der Waals surface area (Å²) in [5.41, 5.74) is 6.66. The van der Waals surface area contributed by atoms with Crippen LogP contribution in [-0.4, -0.2) is 14.7 Å². The number of rotatable bonds is 4. The SMILES string of the molecule is CC(C)Cn1cccc1-c1noc([C@@H](C)N)n1. The van der Waals surface area contributed by atoms with Crippen molar-refractivity contribution in [1.29, 1.82) is 0 Å². The van der Waals surface area contributed by atoms with Crippen LogP contribution in [0, 0.1) is 5.92 Å². The summed E-state index contributed by atoms with van der Waals surface area (Å²) in [6.45, 7) is 7.11. The quantitative estimate of drug-likeness (QED) is 0.880. The normalized spacial score (nSPS) is 13.2. The van der Waals surface area contributed by atoms with Gasteiger partial charge in [0.1, 0.15) is 0 Å². The minimum absolute atomic E-state index is 0.232. The lowest BCUT2D eigenvalue weighted by atomic mass is 10.2. The summed E-state index contributed by atoms with van der Waals surface area (Å²) in [6, 6.07) is 3.74. The predicted octanol–water partition coefficient (Wildman–Crippen LogP) is 2.21. The molecule has 17 heavy (non-hydrogen) atoms. The Kier molecular flexibility index (Phi) is 3.28. The van der Waals surface area contributed by atoms with Crippen LogP contribution >= 0.6 is 0 Å². The van der Waals surface area contributed by atoms with Crippen molar-refractivity contribution in [2.24, 2.45) is 11.7 Å². The van der Waals surface area contributed by atoms with E-state index in [-0.39, 0.29) is 6.04 Å². The highest BCUT2D eigenvalue weighted by Gasteiger charge is 2.14. The summed E-state index contributed by atoms with van der Waals surface area (Å²) in [7, 11) is 0. The Balaban J connectivity index is 2.29. The van der Waals surface area contributed by atoms with Crippen LogP contribution in [0.4, 0.5) is 0 Å². The lowest BCUT2D eigenvalue weighted by Gasteiger charge is -2.08. The molecule has 5 nitrogen and oxygen atoms in total. The second-order valence-corrected chi connectivity index (χ2v) is 4.68. The van der Waals surface area contributed by atoms with E-state index in [4.69, 9.17) is 10.3 Å². The lowest BCUT2D eigenvalue weighted by Crippen LogP contribution is -2.06. The molecule has 0 saturated heterocycles. The summed E-state index contributed by atoms with van der Waals surface area (Å²) < 4.78 is 7.24. The van der Waals surface area contributed by atoms with E-state index >= 15 is 0 Å². The van der Waals surface area contributed by atoms with Gasteiger partial charge in [0.25, 0.3) is 0 Å². The van der Waals surface area contributed by atoms with E-state index in [0.29, 0.717) is 17.6 Å². The van der Waals surface area contributed by atoms with E-state index in [2.05, 4.69) is 28.6 Å². The first kappa shape index (κ1) is 11.9. The standard InChI is InChI=1S/C12H18N4O/c1-8(2)7-16-6-4-5-10(16)11-14-12(9(3)13)17-15-11/h4-6,8-9H,7,13H2,1-3H3/t9-/m1/s1. The van der Waals surface area contributed by atoms with Gasteiger partial charge in [0.05, 0.1) is 11.7 Å². The average molecular weight is 234 g/mol. The van der Waals surface area contributed by atoms with Gasteiger partial charge in [0.15, 0.2) is 0 Å². The van der Waals surface area contributed by atoms with Crippen molar-refractivity contribution in [3.05, 3.63) is 24.2 Å². The van der Waals surface area contributed by atoms with Crippen LogP contribution in [0.2, 0.25) is 0 Å². The van der Waals surface area contributed by atoms with Gasteiger partial charge in [-0.25, -0.2) is 0 Å². The highest BCUT2D eigenvalue weighted by atomic mass is 16.5. The van der Waals surface area contributed by atoms with Crippen molar-refractivity contribution >= 4 is 0 Å². The molecule has 0 fully saturated rings. The van der Waals surface area contributed by atoms with Crippen LogP contribution in [-0.2, 0) is 6.54 Å². The molecule has 2 aromatic heterocycles. The minimum Gasteiger partial charge on any atom is -0.345 e.